The molecule has 42 heavy (non-hydrogen) atoms. The van der Waals surface area contributed by atoms with Gasteiger partial charge in [-0.25, -0.2) is 8.42 Å². The van der Waals surface area contributed by atoms with Crippen molar-refractivity contribution >= 4 is 33.1 Å². The minimum atomic E-state index is -3.98. The quantitative estimate of drug-likeness (QED) is 0.230. The van der Waals surface area contributed by atoms with E-state index in [0.29, 0.717) is 17.1 Å². The minimum absolute atomic E-state index is 0.0223. The molecule has 1 fully saturated rings. The molecule has 2 aliphatic carbocycles. The molecule has 0 aromatic heterocycles. The molecule has 2 aromatic rings. The van der Waals surface area contributed by atoms with E-state index in [4.69, 9.17) is 21.4 Å². The Labute approximate surface area is 253 Å². The third-order valence-corrected chi connectivity index (χ3v) is 9.48. The summed E-state index contributed by atoms with van der Waals surface area (Å²) in [6.07, 6.45) is 9.23. The maximum Gasteiger partial charge on any atom is 0.246 e. The number of ether oxygens (including phenoxy) is 1. The SMILES string of the molecule is O=C(NS(=O)(=O)CCCO)C1(CCNC[C@H](O)c2cccc(Cl)c2)C=CC(c2ccccc2)=CC1OC1CCCCC1. The van der Waals surface area contributed by atoms with Crippen LogP contribution in [0.2, 0.25) is 5.02 Å². The van der Waals surface area contributed by atoms with E-state index in [1.807, 2.05) is 42.5 Å². The van der Waals surface area contributed by atoms with E-state index in [2.05, 4.69) is 10.0 Å². The summed E-state index contributed by atoms with van der Waals surface area (Å²) in [4.78, 5) is 14.0. The van der Waals surface area contributed by atoms with Crippen molar-refractivity contribution in [2.45, 2.75) is 63.3 Å². The largest absolute Gasteiger partial charge is 0.396 e. The molecule has 0 radical (unpaired) electrons. The third kappa shape index (κ3) is 8.75. The number of halogens is 1. The van der Waals surface area contributed by atoms with Crippen molar-refractivity contribution in [3.63, 3.8) is 0 Å². The fourth-order valence-electron chi connectivity index (χ4n) is 5.54. The highest BCUT2D eigenvalue weighted by atomic mass is 35.5. The second-order valence-electron chi connectivity index (χ2n) is 11.0. The Morgan fingerprint density at radius 1 is 1.10 bits per heavy atom. The molecule has 10 heteroatoms. The van der Waals surface area contributed by atoms with Crippen molar-refractivity contribution in [1.29, 1.82) is 0 Å². The molecule has 4 rings (SSSR count). The van der Waals surface area contributed by atoms with Gasteiger partial charge in [-0.15, -0.1) is 0 Å². The Hall–Kier alpha value is -2.53. The van der Waals surface area contributed by atoms with Crippen LogP contribution >= 0.6 is 11.6 Å². The summed E-state index contributed by atoms with van der Waals surface area (Å²) in [5.41, 5.74) is 1.21. The van der Waals surface area contributed by atoms with E-state index < -0.39 is 33.6 Å². The van der Waals surface area contributed by atoms with Crippen LogP contribution < -0.4 is 10.0 Å². The second-order valence-corrected chi connectivity index (χ2v) is 13.3. The lowest BCUT2D eigenvalue weighted by Crippen LogP contribution is -2.53. The number of aliphatic hydroxyl groups excluding tert-OH is 2. The average Bonchev–Trinajstić information content (AvgIpc) is 2.99. The number of carbonyl (C=O) groups excluding carboxylic acids is 1. The van der Waals surface area contributed by atoms with Crippen molar-refractivity contribution in [1.82, 2.24) is 10.0 Å². The summed E-state index contributed by atoms with van der Waals surface area (Å²) < 4.78 is 34.5. The predicted molar refractivity (Wildman–Crippen MR) is 165 cm³/mol. The molecule has 0 aliphatic heterocycles. The van der Waals surface area contributed by atoms with E-state index in [0.717, 1.165) is 43.2 Å². The van der Waals surface area contributed by atoms with Gasteiger partial charge in [-0.05, 0) is 67.1 Å². The number of hydrogen-bond acceptors (Lipinski definition) is 7. The topological polar surface area (TPSA) is 125 Å². The van der Waals surface area contributed by atoms with Crippen LogP contribution in [0.3, 0.4) is 0 Å². The van der Waals surface area contributed by atoms with Crippen LogP contribution in [0.1, 0.15) is 62.2 Å². The van der Waals surface area contributed by atoms with E-state index in [-0.39, 0.29) is 37.9 Å². The minimum Gasteiger partial charge on any atom is -0.396 e. The zero-order chi connectivity index (χ0) is 30.0. The third-order valence-electron chi connectivity index (χ3n) is 7.93. The van der Waals surface area contributed by atoms with Gasteiger partial charge in [-0.2, -0.15) is 0 Å². The molecule has 4 N–H and O–H groups in total. The fourth-order valence-corrected chi connectivity index (χ4v) is 6.83. The molecule has 2 aliphatic rings. The lowest BCUT2D eigenvalue weighted by Gasteiger charge is -2.40. The van der Waals surface area contributed by atoms with Crippen molar-refractivity contribution in [2.75, 3.05) is 25.4 Å². The Kier molecular flexibility index (Phi) is 11.8. The normalized spacial score (nSPS) is 22.0. The molecule has 228 valence electrons. The molecule has 0 saturated heterocycles. The van der Waals surface area contributed by atoms with Crippen molar-refractivity contribution in [3.05, 3.63) is 89.0 Å². The number of sulfonamides is 1. The van der Waals surface area contributed by atoms with Gasteiger partial charge in [0.25, 0.3) is 0 Å². The van der Waals surface area contributed by atoms with Crippen LogP contribution in [0.15, 0.2) is 72.8 Å². The van der Waals surface area contributed by atoms with Gasteiger partial charge in [-0.3, -0.25) is 9.52 Å². The molecule has 0 spiro atoms. The Morgan fingerprint density at radius 3 is 2.57 bits per heavy atom. The Balaban J connectivity index is 1.60. The lowest BCUT2D eigenvalue weighted by molar-refractivity contribution is -0.137. The van der Waals surface area contributed by atoms with E-state index in [1.165, 1.54) is 0 Å². The van der Waals surface area contributed by atoms with Crippen LogP contribution in [0.25, 0.3) is 5.57 Å². The molecule has 8 nitrogen and oxygen atoms in total. The highest BCUT2D eigenvalue weighted by Crippen LogP contribution is 2.40. The predicted octanol–water partition coefficient (Wildman–Crippen LogP) is 4.54. The summed E-state index contributed by atoms with van der Waals surface area (Å²) in [6.45, 7) is 0.233. The maximum absolute atomic E-state index is 14.0. The molecule has 0 heterocycles. The number of allylic oxidation sites excluding steroid dienone is 2. The first-order valence-electron chi connectivity index (χ1n) is 14.6. The van der Waals surface area contributed by atoms with E-state index in [1.54, 1.807) is 30.3 Å². The standard InChI is InChI=1S/C32H41ClN2O6S/c33-27-12-7-11-26(21-27)29(37)23-34-18-17-32(31(38)35-42(39,40)20-8-19-36)16-15-25(24-9-3-1-4-10-24)22-30(32)41-28-13-5-2-6-14-28/h1,3-4,7,9-12,15-16,21-22,28-30,34,36-37H,2,5-6,8,13-14,17-20,23H2,(H,35,38)/t29-,30?,32?/m0/s1. The van der Waals surface area contributed by atoms with Crippen molar-refractivity contribution in [2.24, 2.45) is 5.41 Å². The van der Waals surface area contributed by atoms with E-state index in [9.17, 15) is 18.3 Å². The first-order valence-corrected chi connectivity index (χ1v) is 16.7. The van der Waals surface area contributed by atoms with Crippen molar-refractivity contribution in [3.8, 4) is 0 Å². The molecule has 1 saturated carbocycles. The number of nitrogens with one attached hydrogen (secondary N) is 2. The van der Waals surface area contributed by atoms with E-state index >= 15 is 0 Å². The van der Waals surface area contributed by atoms with Gasteiger partial charge in [0.15, 0.2) is 0 Å². The molecule has 2 aromatic carbocycles. The molecular weight excluding hydrogens is 576 g/mol. The summed E-state index contributed by atoms with van der Waals surface area (Å²) in [5, 5.41) is 23.6. The molecule has 2 unspecified atom stereocenters. The number of carbonyl (C=O) groups is 1. The van der Waals surface area contributed by atoms with Gasteiger partial charge in [0.1, 0.15) is 0 Å². The summed E-state index contributed by atoms with van der Waals surface area (Å²) in [6, 6.07) is 16.8. The summed E-state index contributed by atoms with van der Waals surface area (Å²) >= 11 is 6.08. The Morgan fingerprint density at radius 2 is 1.86 bits per heavy atom. The number of hydrogen-bond donors (Lipinski definition) is 4. The van der Waals surface area contributed by atoms with Crippen molar-refractivity contribution < 1.29 is 28.2 Å². The summed E-state index contributed by atoms with van der Waals surface area (Å²) in [5.74, 6) is -1.03. The van der Waals surface area contributed by atoms with Crippen LogP contribution in [-0.4, -0.2) is 62.2 Å². The zero-order valence-electron chi connectivity index (χ0n) is 23.8. The highest BCUT2D eigenvalue weighted by molar-refractivity contribution is 7.90. The van der Waals surface area contributed by atoms with Gasteiger partial charge < -0.3 is 20.3 Å². The number of amides is 1. The second kappa shape index (κ2) is 15.3. The van der Waals surface area contributed by atoms with Gasteiger partial charge in [0, 0.05) is 18.2 Å². The number of rotatable bonds is 14. The average molecular weight is 617 g/mol. The van der Waals surface area contributed by atoms with Gasteiger partial charge in [-0.1, -0.05) is 85.5 Å². The highest BCUT2D eigenvalue weighted by Gasteiger charge is 2.47. The molecule has 1 amide bonds. The monoisotopic (exact) mass is 616 g/mol. The molecule has 3 atom stereocenters. The van der Waals surface area contributed by atoms with Gasteiger partial charge >= 0.3 is 0 Å². The maximum atomic E-state index is 14.0. The van der Waals surface area contributed by atoms with Crippen LogP contribution in [0, 0.1) is 5.41 Å². The van der Waals surface area contributed by atoms with Crippen LogP contribution in [0.5, 0.6) is 0 Å². The molecular formula is C32H41ClN2O6S. The lowest BCUT2D eigenvalue weighted by atomic mass is 9.73. The number of aliphatic hydroxyl groups is 2. The fraction of sp³-hybridized carbons (Fsp3) is 0.469. The van der Waals surface area contributed by atoms with Crippen LogP contribution in [-0.2, 0) is 19.6 Å². The zero-order valence-corrected chi connectivity index (χ0v) is 25.3. The first-order chi connectivity index (χ1) is 20.2. The van der Waals surface area contributed by atoms with Crippen LogP contribution in [0.4, 0.5) is 0 Å². The summed E-state index contributed by atoms with van der Waals surface area (Å²) in [7, 11) is -3.98. The molecule has 0 bridgehead atoms. The first kappa shape index (κ1) is 32.4. The number of benzene rings is 2. The Bertz CT molecular complexity index is 1340. The smallest absolute Gasteiger partial charge is 0.246 e. The van der Waals surface area contributed by atoms with Gasteiger partial charge in [0.2, 0.25) is 15.9 Å². The van der Waals surface area contributed by atoms with Gasteiger partial charge in [0.05, 0.1) is 29.5 Å².